The van der Waals surface area contributed by atoms with Gasteiger partial charge in [-0.15, -0.1) is 0 Å². The molecule has 120 valence electrons. The second-order valence-electron chi connectivity index (χ2n) is 6.71. The molecule has 1 aliphatic heterocycles. The Morgan fingerprint density at radius 1 is 1.24 bits per heavy atom. The van der Waals surface area contributed by atoms with Crippen LogP contribution >= 0.6 is 0 Å². The summed E-state index contributed by atoms with van der Waals surface area (Å²) in [5.74, 6) is 1.01. The molecule has 0 spiro atoms. The van der Waals surface area contributed by atoms with E-state index in [1.807, 2.05) is 0 Å². The number of methoxy groups -OCH3 is 2. The van der Waals surface area contributed by atoms with Gasteiger partial charge in [0.2, 0.25) is 0 Å². The molecule has 2 unspecified atom stereocenters. The van der Waals surface area contributed by atoms with Gasteiger partial charge >= 0.3 is 0 Å². The number of furan rings is 1. The van der Waals surface area contributed by atoms with E-state index in [9.17, 15) is 0 Å². The van der Waals surface area contributed by atoms with Gasteiger partial charge in [0, 0.05) is 45.0 Å². The molecule has 0 radical (unpaired) electrons. The number of hydrogen-bond donors (Lipinski definition) is 1. The highest BCUT2D eigenvalue weighted by Crippen LogP contribution is 2.21. The van der Waals surface area contributed by atoms with E-state index in [2.05, 4.69) is 37.1 Å². The van der Waals surface area contributed by atoms with Crippen LogP contribution < -0.4 is 5.32 Å². The predicted octanol–water partition coefficient (Wildman–Crippen LogP) is 2.01. The lowest BCUT2D eigenvalue weighted by Crippen LogP contribution is -2.35. The van der Waals surface area contributed by atoms with Crippen LogP contribution in [-0.4, -0.2) is 50.0 Å². The van der Waals surface area contributed by atoms with E-state index >= 15 is 0 Å². The van der Waals surface area contributed by atoms with Crippen molar-refractivity contribution in [2.75, 3.05) is 27.3 Å². The minimum atomic E-state index is 0.0833. The number of hydrogen-bond acceptors (Lipinski definition) is 5. The molecule has 5 heteroatoms. The third-order valence-electron chi connectivity index (χ3n) is 3.91. The molecule has 1 saturated heterocycles. The number of rotatable bonds is 6. The first-order valence-electron chi connectivity index (χ1n) is 7.51. The molecule has 2 heterocycles. The van der Waals surface area contributed by atoms with Gasteiger partial charge in [0.1, 0.15) is 5.76 Å². The van der Waals surface area contributed by atoms with Crippen molar-refractivity contribution in [3.05, 3.63) is 23.7 Å². The molecule has 2 rings (SSSR count). The molecule has 0 amide bonds. The Morgan fingerprint density at radius 3 is 2.38 bits per heavy atom. The lowest BCUT2D eigenvalue weighted by molar-refractivity contribution is -0.00461. The highest BCUT2D eigenvalue weighted by molar-refractivity contribution is 5.17. The van der Waals surface area contributed by atoms with Crippen LogP contribution in [0.4, 0.5) is 0 Å². The van der Waals surface area contributed by atoms with Gasteiger partial charge in [-0.25, -0.2) is 0 Å². The molecule has 1 fully saturated rings. The van der Waals surface area contributed by atoms with Crippen LogP contribution in [0.5, 0.6) is 0 Å². The van der Waals surface area contributed by atoms with Crippen LogP contribution in [0.25, 0.3) is 0 Å². The summed E-state index contributed by atoms with van der Waals surface area (Å²) in [6.07, 6.45) is 2.07. The van der Waals surface area contributed by atoms with Gasteiger partial charge in [0.25, 0.3) is 0 Å². The zero-order valence-corrected chi connectivity index (χ0v) is 13.8. The second-order valence-corrected chi connectivity index (χ2v) is 6.71. The monoisotopic (exact) mass is 296 g/mol. The third-order valence-corrected chi connectivity index (χ3v) is 3.91. The Labute approximate surface area is 127 Å². The molecule has 0 saturated carbocycles. The Bertz CT molecular complexity index is 427. The van der Waals surface area contributed by atoms with Crippen molar-refractivity contribution >= 4 is 0 Å². The molecule has 0 aliphatic carbocycles. The topological polar surface area (TPSA) is 46.9 Å². The van der Waals surface area contributed by atoms with Gasteiger partial charge in [-0.1, -0.05) is 0 Å². The molecule has 5 nitrogen and oxygen atoms in total. The summed E-state index contributed by atoms with van der Waals surface area (Å²) in [5, 5.41) is 3.47. The van der Waals surface area contributed by atoms with E-state index in [-0.39, 0.29) is 17.7 Å². The van der Waals surface area contributed by atoms with E-state index < -0.39 is 0 Å². The van der Waals surface area contributed by atoms with Gasteiger partial charge < -0.3 is 19.2 Å². The average molecular weight is 296 g/mol. The summed E-state index contributed by atoms with van der Waals surface area (Å²) in [7, 11) is 3.49. The Kier molecular flexibility index (Phi) is 5.43. The van der Waals surface area contributed by atoms with E-state index in [1.165, 1.54) is 5.56 Å². The lowest BCUT2D eigenvalue weighted by atomic mass is 10.1. The van der Waals surface area contributed by atoms with Gasteiger partial charge in [-0.2, -0.15) is 0 Å². The number of likely N-dealkylation sites (tertiary alicyclic amines) is 1. The van der Waals surface area contributed by atoms with Crippen LogP contribution in [0, 0.1) is 0 Å². The molecule has 21 heavy (non-hydrogen) atoms. The van der Waals surface area contributed by atoms with Crippen molar-refractivity contribution in [2.45, 2.75) is 51.6 Å². The molecular weight excluding hydrogens is 268 g/mol. The third kappa shape index (κ3) is 4.54. The molecule has 1 aliphatic rings. The van der Waals surface area contributed by atoms with Crippen LogP contribution in [0.3, 0.4) is 0 Å². The summed E-state index contributed by atoms with van der Waals surface area (Å²) >= 11 is 0. The average Bonchev–Trinajstić information content (AvgIpc) is 3.02. The van der Waals surface area contributed by atoms with Crippen molar-refractivity contribution < 1.29 is 13.9 Å². The summed E-state index contributed by atoms with van der Waals surface area (Å²) in [5.41, 5.74) is 1.32. The minimum Gasteiger partial charge on any atom is -0.468 e. The van der Waals surface area contributed by atoms with Crippen molar-refractivity contribution in [2.24, 2.45) is 0 Å². The number of nitrogens with zero attached hydrogens (tertiary/aromatic N) is 1. The number of ether oxygens (including phenoxy) is 2. The van der Waals surface area contributed by atoms with E-state index in [0.717, 1.165) is 31.9 Å². The second kappa shape index (κ2) is 6.92. The zero-order chi connectivity index (χ0) is 15.5. The minimum absolute atomic E-state index is 0.0833. The highest BCUT2D eigenvalue weighted by Gasteiger charge is 2.33. The molecule has 1 N–H and O–H groups in total. The Balaban J connectivity index is 1.93. The van der Waals surface area contributed by atoms with E-state index in [0.29, 0.717) is 0 Å². The molecular formula is C16H28N2O3. The van der Waals surface area contributed by atoms with E-state index in [4.69, 9.17) is 13.9 Å². The summed E-state index contributed by atoms with van der Waals surface area (Å²) in [6.45, 7) is 9.88. The maximum Gasteiger partial charge on any atom is 0.122 e. The van der Waals surface area contributed by atoms with Gasteiger partial charge in [0.05, 0.1) is 25.0 Å². The molecule has 1 aromatic heterocycles. The predicted molar refractivity (Wildman–Crippen MR) is 82.2 cm³/mol. The quantitative estimate of drug-likeness (QED) is 0.870. The molecule has 0 aromatic carbocycles. The normalized spacial score (nSPS) is 23.9. The smallest absolute Gasteiger partial charge is 0.122 e. The fourth-order valence-corrected chi connectivity index (χ4v) is 2.65. The summed E-state index contributed by atoms with van der Waals surface area (Å²) in [4.78, 5) is 2.35. The van der Waals surface area contributed by atoms with Crippen LogP contribution in [-0.2, 0) is 22.6 Å². The van der Waals surface area contributed by atoms with Crippen molar-refractivity contribution in [3.8, 4) is 0 Å². The first-order chi connectivity index (χ1) is 9.93. The largest absolute Gasteiger partial charge is 0.468 e. The van der Waals surface area contributed by atoms with Crippen molar-refractivity contribution in [1.29, 1.82) is 0 Å². The first-order valence-corrected chi connectivity index (χ1v) is 7.51. The SMILES string of the molecule is COC1CN(Cc2ccoc2CNC(C)(C)C)CC1OC. The van der Waals surface area contributed by atoms with Gasteiger partial charge in [-0.3, -0.25) is 4.90 Å². The Hall–Kier alpha value is -0.880. The zero-order valence-electron chi connectivity index (χ0n) is 13.8. The fraction of sp³-hybridized carbons (Fsp3) is 0.750. The number of nitrogens with one attached hydrogen (secondary N) is 1. The first kappa shape index (κ1) is 16.5. The van der Waals surface area contributed by atoms with Crippen LogP contribution in [0.15, 0.2) is 16.7 Å². The van der Waals surface area contributed by atoms with Crippen LogP contribution in [0.1, 0.15) is 32.1 Å². The maximum absolute atomic E-state index is 5.63. The molecule has 2 atom stereocenters. The standard InChI is InChI=1S/C16H28N2O3/c1-16(2,3)17-8-13-12(6-7-21-13)9-18-10-14(19-4)15(11-18)20-5/h6-7,14-15,17H,8-11H2,1-5H3. The Morgan fingerprint density at radius 2 is 1.86 bits per heavy atom. The van der Waals surface area contributed by atoms with Crippen LogP contribution in [0.2, 0.25) is 0 Å². The molecule has 0 bridgehead atoms. The van der Waals surface area contributed by atoms with Gasteiger partial charge in [-0.05, 0) is 26.8 Å². The lowest BCUT2D eigenvalue weighted by Gasteiger charge is -2.21. The highest BCUT2D eigenvalue weighted by atomic mass is 16.5. The summed E-state index contributed by atoms with van der Waals surface area (Å²) < 4.78 is 16.6. The molecule has 1 aromatic rings. The summed E-state index contributed by atoms with van der Waals surface area (Å²) in [6, 6.07) is 2.06. The van der Waals surface area contributed by atoms with Crippen molar-refractivity contribution in [3.63, 3.8) is 0 Å². The fourth-order valence-electron chi connectivity index (χ4n) is 2.65. The van der Waals surface area contributed by atoms with E-state index in [1.54, 1.807) is 20.5 Å². The van der Waals surface area contributed by atoms with Gasteiger partial charge in [0.15, 0.2) is 0 Å². The van der Waals surface area contributed by atoms with Crippen molar-refractivity contribution in [1.82, 2.24) is 10.2 Å². The maximum atomic E-state index is 5.63.